The van der Waals surface area contributed by atoms with Gasteiger partial charge in [-0.3, -0.25) is 0 Å². The van der Waals surface area contributed by atoms with E-state index in [0.29, 0.717) is 10.0 Å². The van der Waals surface area contributed by atoms with Gasteiger partial charge in [0.25, 0.3) is 0 Å². The second-order valence-electron chi connectivity index (χ2n) is 6.77. The third kappa shape index (κ3) is 3.52. The van der Waals surface area contributed by atoms with E-state index in [4.69, 9.17) is 32.7 Å². The molecule has 0 fully saturated rings. The molecule has 0 N–H and O–H groups in total. The first-order valence-corrected chi connectivity index (χ1v) is 9.89. The fraction of sp³-hybridized carbons (Fsp3) is 0.217. The molecule has 0 aromatic heterocycles. The topological polar surface area (TPSA) is 21.7 Å². The van der Waals surface area contributed by atoms with Crippen molar-refractivity contribution in [3.05, 3.63) is 87.4 Å². The van der Waals surface area contributed by atoms with Gasteiger partial charge in [-0.25, -0.2) is 0 Å². The Morgan fingerprint density at radius 2 is 1.50 bits per heavy atom. The zero-order chi connectivity index (χ0) is 19.7. The Kier molecular flexibility index (Phi) is 5.38. The first kappa shape index (κ1) is 19.0. The van der Waals surface area contributed by atoms with E-state index in [9.17, 15) is 0 Å². The smallest absolute Gasteiger partial charge is 0.119 e. The van der Waals surface area contributed by atoms with Gasteiger partial charge in [0.2, 0.25) is 0 Å². The quantitative estimate of drug-likeness (QED) is 0.510. The van der Waals surface area contributed by atoms with Crippen molar-refractivity contribution in [3.63, 3.8) is 0 Å². The van der Waals surface area contributed by atoms with Crippen molar-refractivity contribution in [2.75, 3.05) is 25.7 Å². The third-order valence-corrected chi connectivity index (χ3v) is 5.80. The zero-order valence-electron chi connectivity index (χ0n) is 15.8. The second kappa shape index (κ2) is 7.94. The zero-order valence-corrected chi connectivity index (χ0v) is 17.3. The molecule has 28 heavy (non-hydrogen) atoms. The number of anilines is 1. The number of methoxy groups -OCH3 is 2. The van der Waals surface area contributed by atoms with E-state index in [1.165, 1.54) is 11.1 Å². The lowest BCUT2D eigenvalue weighted by molar-refractivity contribution is 0.413. The van der Waals surface area contributed by atoms with Crippen molar-refractivity contribution in [1.82, 2.24) is 0 Å². The molecule has 0 amide bonds. The molecule has 3 aromatic rings. The summed E-state index contributed by atoms with van der Waals surface area (Å²) in [5.41, 5.74) is 4.67. The van der Waals surface area contributed by atoms with E-state index in [0.717, 1.165) is 35.7 Å². The average molecular weight is 414 g/mol. The lowest BCUT2D eigenvalue weighted by atomic mass is 9.87. The number of nitrogens with zero attached hydrogens (tertiary/aromatic N) is 1. The summed E-state index contributed by atoms with van der Waals surface area (Å²) in [5, 5.41) is 1.30. The van der Waals surface area contributed by atoms with Crippen LogP contribution in [0.3, 0.4) is 0 Å². The molecule has 0 bridgehead atoms. The Bertz CT molecular complexity index is 988. The van der Waals surface area contributed by atoms with E-state index in [1.807, 2.05) is 36.4 Å². The van der Waals surface area contributed by atoms with Crippen LogP contribution in [0.4, 0.5) is 5.69 Å². The summed E-state index contributed by atoms with van der Waals surface area (Å²) in [6.45, 7) is 0.871. The molecule has 0 saturated carbocycles. The van der Waals surface area contributed by atoms with E-state index in [1.54, 1.807) is 14.2 Å². The number of hydrogen-bond acceptors (Lipinski definition) is 3. The normalized spacial score (nSPS) is 15.9. The molecule has 3 aromatic carbocycles. The first-order chi connectivity index (χ1) is 13.6. The number of halogens is 2. The molecule has 1 atom stereocenters. The van der Waals surface area contributed by atoms with Gasteiger partial charge in [-0.1, -0.05) is 35.3 Å². The van der Waals surface area contributed by atoms with Crippen molar-refractivity contribution >= 4 is 28.9 Å². The highest BCUT2D eigenvalue weighted by Crippen LogP contribution is 2.42. The fourth-order valence-corrected chi connectivity index (χ4v) is 4.35. The van der Waals surface area contributed by atoms with Crippen LogP contribution in [0.15, 0.2) is 60.7 Å². The molecule has 3 nitrogen and oxygen atoms in total. The van der Waals surface area contributed by atoms with Crippen LogP contribution in [0, 0.1) is 0 Å². The maximum absolute atomic E-state index is 6.63. The lowest BCUT2D eigenvalue weighted by Crippen LogP contribution is -2.36. The first-order valence-electron chi connectivity index (χ1n) is 9.13. The Balaban J connectivity index is 1.85. The van der Waals surface area contributed by atoms with Gasteiger partial charge in [-0.2, -0.15) is 0 Å². The lowest BCUT2D eigenvalue weighted by Gasteiger charge is -2.40. The van der Waals surface area contributed by atoms with Gasteiger partial charge in [0, 0.05) is 22.3 Å². The number of rotatable bonds is 4. The summed E-state index contributed by atoms with van der Waals surface area (Å²) < 4.78 is 10.7. The molecule has 1 aliphatic rings. The predicted molar refractivity (Wildman–Crippen MR) is 115 cm³/mol. The molecule has 5 heteroatoms. The Morgan fingerprint density at radius 3 is 2.18 bits per heavy atom. The van der Waals surface area contributed by atoms with Gasteiger partial charge in [0.05, 0.1) is 20.3 Å². The highest BCUT2D eigenvalue weighted by Gasteiger charge is 2.30. The molecule has 0 saturated heterocycles. The molecule has 0 radical (unpaired) electrons. The Labute approximate surface area is 175 Å². The molecule has 4 rings (SSSR count). The SMILES string of the molecule is COc1ccc(N2CCc3cc(OC)ccc3C2c2ccc(Cl)cc2Cl)cc1. The minimum absolute atomic E-state index is 0.00665. The Hall–Kier alpha value is -2.36. The van der Waals surface area contributed by atoms with Gasteiger partial charge in [-0.15, -0.1) is 0 Å². The van der Waals surface area contributed by atoms with Crippen molar-refractivity contribution in [1.29, 1.82) is 0 Å². The van der Waals surface area contributed by atoms with Crippen LogP contribution in [0.5, 0.6) is 11.5 Å². The van der Waals surface area contributed by atoms with Gasteiger partial charge in [-0.05, 0) is 71.6 Å². The van der Waals surface area contributed by atoms with E-state index < -0.39 is 0 Å². The molecule has 1 unspecified atom stereocenters. The minimum atomic E-state index is -0.00665. The molecular weight excluding hydrogens is 393 g/mol. The molecule has 0 aliphatic carbocycles. The standard InChI is InChI=1S/C23H21Cl2NO2/c1-27-18-6-4-17(5-7-18)26-12-11-15-13-19(28-2)8-10-20(15)23(26)21-9-3-16(24)14-22(21)25/h3-10,13-14,23H,11-12H2,1-2H3. The van der Waals surface area contributed by atoms with Crippen molar-refractivity contribution < 1.29 is 9.47 Å². The van der Waals surface area contributed by atoms with E-state index in [-0.39, 0.29) is 6.04 Å². The molecule has 1 heterocycles. The summed E-state index contributed by atoms with van der Waals surface area (Å²) in [6.07, 6.45) is 0.931. The van der Waals surface area contributed by atoms with Crippen molar-refractivity contribution in [2.45, 2.75) is 12.5 Å². The minimum Gasteiger partial charge on any atom is -0.497 e. The molecular formula is C23H21Cl2NO2. The highest BCUT2D eigenvalue weighted by atomic mass is 35.5. The second-order valence-corrected chi connectivity index (χ2v) is 7.62. The molecule has 144 valence electrons. The van der Waals surface area contributed by atoms with Crippen LogP contribution in [0.25, 0.3) is 0 Å². The summed E-state index contributed by atoms with van der Waals surface area (Å²) in [4.78, 5) is 2.38. The fourth-order valence-electron chi connectivity index (χ4n) is 3.84. The summed E-state index contributed by atoms with van der Waals surface area (Å²) in [6, 6.07) is 20.1. The monoisotopic (exact) mass is 413 g/mol. The summed E-state index contributed by atoms with van der Waals surface area (Å²) in [5.74, 6) is 1.71. The maximum atomic E-state index is 6.63. The van der Waals surface area contributed by atoms with E-state index in [2.05, 4.69) is 29.2 Å². The Morgan fingerprint density at radius 1 is 0.821 bits per heavy atom. The van der Waals surface area contributed by atoms with Crippen LogP contribution in [0.2, 0.25) is 10.0 Å². The predicted octanol–water partition coefficient (Wildman–Crippen LogP) is 6.16. The van der Waals surface area contributed by atoms with Crippen molar-refractivity contribution in [3.8, 4) is 11.5 Å². The van der Waals surface area contributed by atoms with Gasteiger partial charge >= 0.3 is 0 Å². The van der Waals surface area contributed by atoms with Crippen LogP contribution >= 0.6 is 23.2 Å². The van der Waals surface area contributed by atoms with Gasteiger partial charge in [0.1, 0.15) is 11.5 Å². The van der Waals surface area contributed by atoms with Crippen LogP contribution in [-0.2, 0) is 6.42 Å². The molecule has 1 aliphatic heterocycles. The number of hydrogen-bond donors (Lipinski definition) is 0. The van der Waals surface area contributed by atoms with Crippen LogP contribution in [0.1, 0.15) is 22.7 Å². The van der Waals surface area contributed by atoms with Gasteiger partial charge in [0.15, 0.2) is 0 Å². The summed E-state index contributed by atoms with van der Waals surface area (Å²) >= 11 is 12.8. The molecule has 0 spiro atoms. The number of benzene rings is 3. The third-order valence-electron chi connectivity index (χ3n) is 5.24. The number of ether oxygens (including phenoxy) is 2. The highest BCUT2D eigenvalue weighted by molar-refractivity contribution is 6.35. The van der Waals surface area contributed by atoms with Crippen LogP contribution < -0.4 is 14.4 Å². The van der Waals surface area contributed by atoms with Gasteiger partial charge < -0.3 is 14.4 Å². The maximum Gasteiger partial charge on any atom is 0.119 e. The average Bonchev–Trinajstić information content (AvgIpc) is 2.73. The van der Waals surface area contributed by atoms with E-state index >= 15 is 0 Å². The van der Waals surface area contributed by atoms with Crippen molar-refractivity contribution in [2.24, 2.45) is 0 Å². The number of fused-ring (bicyclic) bond motifs is 1. The summed E-state index contributed by atoms with van der Waals surface area (Å²) in [7, 11) is 3.37. The van der Waals surface area contributed by atoms with Crippen LogP contribution in [-0.4, -0.2) is 20.8 Å². The largest absolute Gasteiger partial charge is 0.497 e.